The zero-order chi connectivity index (χ0) is 21.9. The number of benzene rings is 2. The summed E-state index contributed by atoms with van der Waals surface area (Å²) in [6.07, 6.45) is 0. The minimum atomic E-state index is -3.77. The van der Waals surface area contributed by atoms with E-state index in [1.54, 1.807) is 49.1 Å². The van der Waals surface area contributed by atoms with Crippen molar-refractivity contribution in [2.24, 2.45) is 0 Å². The summed E-state index contributed by atoms with van der Waals surface area (Å²) >= 11 is 0. The van der Waals surface area contributed by atoms with Gasteiger partial charge in [-0.1, -0.05) is 31.2 Å². The Balaban J connectivity index is 1.67. The first-order chi connectivity index (χ1) is 14.2. The number of rotatable bonds is 6. The minimum absolute atomic E-state index is 0.202. The van der Waals surface area contributed by atoms with E-state index in [9.17, 15) is 17.6 Å². The third kappa shape index (κ3) is 4.65. The molecule has 0 N–H and O–H groups in total. The number of nitrogens with zero attached hydrogens (tertiary/aromatic N) is 3. The lowest BCUT2D eigenvalue weighted by Gasteiger charge is -2.37. The van der Waals surface area contributed by atoms with Crippen LogP contribution in [-0.4, -0.2) is 62.8 Å². The number of halogens is 1. The molecule has 1 aliphatic heterocycles. The van der Waals surface area contributed by atoms with Gasteiger partial charge in [0.05, 0.1) is 17.1 Å². The molecule has 1 fully saturated rings. The van der Waals surface area contributed by atoms with E-state index in [4.69, 9.17) is 0 Å². The van der Waals surface area contributed by atoms with Gasteiger partial charge in [0.25, 0.3) is 0 Å². The van der Waals surface area contributed by atoms with Gasteiger partial charge in [-0.05, 0) is 43.2 Å². The van der Waals surface area contributed by atoms with Crippen LogP contribution in [0.4, 0.5) is 10.1 Å². The van der Waals surface area contributed by atoms with E-state index in [1.165, 1.54) is 10.4 Å². The summed E-state index contributed by atoms with van der Waals surface area (Å²) in [5, 5.41) is 0. The van der Waals surface area contributed by atoms with Gasteiger partial charge in [0.2, 0.25) is 15.9 Å². The number of likely N-dealkylation sites (N-methyl/N-ethyl adjacent to an activating group) is 1. The maximum absolute atomic E-state index is 14.0. The second kappa shape index (κ2) is 9.14. The average Bonchev–Trinajstić information content (AvgIpc) is 2.73. The molecule has 0 aliphatic carbocycles. The first-order valence-corrected chi connectivity index (χ1v) is 11.5. The van der Waals surface area contributed by atoms with Crippen LogP contribution in [0.3, 0.4) is 0 Å². The van der Waals surface area contributed by atoms with Crippen LogP contribution in [0.2, 0.25) is 0 Å². The average molecular weight is 434 g/mol. The van der Waals surface area contributed by atoms with E-state index in [0.717, 1.165) is 5.56 Å². The number of aryl methyl sites for hydroxylation is 2. The Kier molecular flexibility index (Phi) is 6.77. The van der Waals surface area contributed by atoms with Crippen molar-refractivity contribution in [3.8, 4) is 0 Å². The molecule has 0 atom stereocenters. The molecule has 3 rings (SSSR count). The van der Waals surface area contributed by atoms with Crippen molar-refractivity contribution < 1.29 is 17.6 Å². The van der Waals surface area contributed by atoms with Crippen LogP contribution in [0.1, 0.15) is 18.1 Å². The number of amides is 1. The summed E-state index contributed by atoms with van der Waals surface area (Å²) in [5.74, 6) is -0.520. The van der Waals surface area contributed by atoms with Gasteiger partial charge in [0.15, 0.2) is 0 Å². The maximum atomic E-state index is 14.0. The number of hydrogen-bond donors (Lipinski definition) is 0. The summed E-state index contributed by atoms with van der Waals surface area (Å²) in [6.45, 7) is 7.18. The number of piperazine rings is 1. The second-order valence-corrected chi connectivity index (χ2v) is 9.43. The van der Waals surface area contributed by atoms with E-state index in [0.29, 0.717) is 37.4 Å². The number of carbonyl (C=O) groups excluding carboxylic acids is 1. The fraction of sp³-hybridized carbons (Fsp3) is 0.409. The normalized spacial score (nSPS) is 15.0. The molecular formula is C22H28FN3O3S. The zero-order valence-corrected chi connectivity index (χ0v) is 18.5. The van der Waals surface area contributed by atoms with Gasteiger partial charge in [0, 0.05) is 32.7 Å². The van der Waals surface area contributed by atoms with E-state index in [-0.39, 0.29) is 29.7 Å². The molecule has 30 heavy (non-hydrogen) atoms. The molecular weight excluding hydrogens is 405 g/mol. The van der Waals surface area contributed by atoms with Gasteiger partial charge < -0.3 is 9.80 Å². The smallest absolute Gasteiger partial charge is 0.243 e. The van der Waals surface area contributed by atoms with Crippen molar-refractivity contribution in [2.75, 3.05) is 44.2 Å². The molecule has 0 radical (unpaired) electrons. The minimum Gasteiger partial charge on any atom is -0.366 e. The Morgan fingerprint density at radius 2 is 1.73 bits per heavy atom. The van der Waals surface area contributed by atoms with Crippen LogP contribution < -0.4 is 4.90 Å². The number of anilines is 1. The van der Waals surface area contributed by atoms with E-state index >= 15 is 0 Å². The van der Waals surface area contributed by atoms with Gasteiger partial charge in [-0.2, -0.15) is 4.31 Å². The highest BCUT2D eigenvalue weighted by molar-refractivity contribution is 7.89. The number of sulfonamides is 1. The third-order valence-electron chi connectivity index (χ3n) is 5.45. The molecule has 0 unspecified atom stereocenters. The quantitative estimate of drug-likeness (QED) is 0.703. The van der Waals surface area contributed by atoms with Gasteiger partial charge in [0.1, 0.15) is 5.82 Å². The first kappa shape index (κ1) is 22.2. The number of carbonyl (C=O) groups is 1. The van der Waals surface area contributed by atoms with Crippen molar-refractivity contribution in [1.82, 2.24) is 9.21 Å². The fourth-order valence-electron chi connectivity index (χ4n) is 3.65. The predicted molar refractivity (Wildman–Crippen MR) is 116 cm³/mol. The van der Waals surface area contributed by atoms with E-state index < -0.39 is 10.0 Å². The lowest BCUT2D eigenvalue weighted by Crippen LogP contribution is -2.52. The molecule has 1 aliphatic rings. The van der Waals surface area contributed by atoms with E-state index in [1.807, 2.05) is 17.9 Å². The Morgan fingerprint density at radius 1 is 1.07 bits per heavy atom. The van der Waals surface area contributed by atoms with Crippen molar-refractivity contribution in [3.05, 3.63) is 59.4 Å². The molecule has 0 saturated carbocycles. The molecule has 1 amide bonds. The molecule has 2 aromatic rings. The SMILES string of the molecule is CCN(CC(=O)N1CCN(c2ccccc2F)CC1)S(=O)(=O)c1cc(C)ccc1C. The monoisotopic (exact) mass is 433 g/mol. The summed E-state index contributed by atoms with van der Waals surface area (Å²) in [4.78, 5) is 16.6. The molecule has 162 valence electrons. The fourth-order valence-corrected chi connectivity index (χ4v) is 5.36. The topological polar surface area (TPSA) is 60.9 Å². The highest BCUT2D eigenvalue weighted by Gasteiger charge is 2.30. The van der Waals surface area contributed by atoms with Crippen LogP contribution in [-0.2, 0) is 14.8 Å². The van der Waals surface area contributed by atoms with Crippen LogP contribution in [0, 0.1) is 19.7 Å². The van der Waals surface area contributed by atoms with Crippen molar-refractivity contribution in [3.63, 3.8) is 0 Å². The van der Waals surface area contributed by atoms with Crippen LogP contribution in [0.15, 0.2) is 47.4 Å². The molecule has 2 aromatic carbocycles. The van der Waals surface area contributed by atoms with Crippen LogP contribution >= 0.6 is 0 Å². The highest BCUT2D eigenvalue weighted by atomic mass is 32.2. The highest BCUT2D eigenvalue weighted by Crippen LogP contribution is 2.22. The molecule has 1 saturated heterocycles. The molecule has 8 heteroatoms. The third-order valence-corrected chi connectivity index (χ3v) is 7.51. The lowest BCUT2D eigenvalue weighted by molar-refractivity contribution is -0.131. The molecule has 6 nitrogen and oxygen atoms in total. The van der Waals surface area contributed by atoms with Gasteiger partial charge in [-0.15, -0.1) is 0 Å². The summed E-state index contributed by atoms with van der Waals surface area (Å²) in [5.41, 5.74) is 2.04. The second-order valence-electron chi connectivity index (χ2n) is 7.52. The van der Waals surface area contributed by atoms with Gasteiger partial charge >= 0.3 is 0 Å². The van der Waals surface area contributed by atoms with Gasteiger partial charge in [-0.3, -0.25) is 4.79 Å². The number of hydrogen-bond acceptors (Lipinski definition) is 4. The Labute approximate surface area is 177 Å². The summed E-state index contributed by atoms with van der Waals surface area (Å²) < 4.78 is 41.5. The largest absolute Gasteiger partial charge is 0.366 e. The predicted octanol–water partition coefficient (Wildman–Crippen LogP) is 2.80. The van der Waals surface area contributed by atoms with Crippen molar-refractivity contribution >= 4 is 21.6 Å². The van der Waals surface area contributed by atoms with Crippen molar-refractivity contribution in [2.45, 2.75) is 25.7 Å². The van der Waals surface area contributed by atoms with Gasteiger partial charge in [-0.25, -0.2) is 12.8 Å². The Morgan fingerprint density at radius 3 is 2.37 bits per heavy atom. The van der Waals surface area contributed by atoms with Crippen LogP contribution in [0.25, 0.3) is 0 Å². The number of para-hydroxylation sites is 1. The molecule has 0 aromatic heterocycles. The Bertz CT molecular complexity index is 1020. The summed E-state index contributed by atoms with van der Waals surface area (Å²) in [7, 11) is -3.77. The van der Waals surface area contributed by atoms with Crippen LogP contribution in [0.5, 0.6) is 0 Å². The zero-order valence-electron chi connectivity index (χ0n) is 17.6. The first-order valence-electron chi connectivity index (χ1n) is 10.1. The standard InChI is InChI=1S/C22H28FN3O3S/c1-4-26(30(28,29)21-15-17(2)9-10-18(21)3)16-22(27)25-13-11-24(12-14-25)20-8-6-5-7-19(20)23/h5-10,15H,4,11-14,16H2,1-3H3. The Hall–Kier alpha value is -2.45. The molecule has 1 heterocycles. The maximum Gasteiger partial charge on any atom is 0.243 e. The molecule has 0 bridgehead atoms. The van der Waals surface area contributed by atoms with Crippen molar-refractivity contribution in [1.29, 1.82) is 0 Å². The van der Waals surface area contributed by atoms with E-state index in [2.05, 4.69) is 0 Å². The lowest BCUT2D eigenvalue weighted by atomic mass is 10.2. The summed E-state index contributed by atoms with van der Waals surface area (Å²) in [6, 6.07) is 11.9. The molecule has 0 spiro atoms.